The van der Waals surface area contributed by atoms with Gasteiger partial charge in [-0.3, -0.25) is 9.69 Å². The second kappa shape index (κ2) is 20.4. The van der Waals surface area contributed by atoms with Gasteiger partial charge in [0.05, 0.1) is 18.2 Å². The van der Waals surface area contributed by atoms with Gasteiger partial charge in [0.1, 0.15) is 30.8 Å². The molecular formula is C49H67N3O9. The van der Waals surface area contributed by atoms with Crippen LogP contribution in [-0.2, 0) is 20.9 Å². The fourth-order valence-corrected chi connectivity index (χ4v) is 10.8. The van der Waals surface area contributed by atoms with Crippen LogP contribution >= 0.6 is 0 Å². The molecule has 12 heteroatoms. The monoisotopic (exact) mass is 841 g/mol. The summed E-state index contributed by atoms with van der Waals surface area (Å²) >= 11 is 0. The van der Waals surface area contributed by atoms with Gasteiger partial charge in [0.2, 0.25) is 18.5 Å². The van der Waals surface area contributed by atoms with Crippen LogP contribution in [0.25, 0.3) is 0 Å². The van der Waals surface area contributed by atoms with Crippen molar-refractivity contribution in [1.29, 1.82) is 0 Å². The van der Waals surface area contributed by atoms with E-state index in [0.717, 1.165) is 105 Å². The van der Waals surface area contributed by atoms with Crippen molar-refractivity contribution in [2.75, 3.05) is 59.5 Å². The van der Waals surface area contributed by atoms with Crippen LogP contribution in [0.3, 0.4) is 0 Å². The van der Waals surface area contributed by atoms with E-state index < -0.39 is 11.8 Å². The van der Waals surface area contributed by atoms with E-state index in [1.807, 2.05) is 42.2 Å². The molecular weight excluding hydrogens is 775 g/mol. The third-order valence-electron chi connectivity index (χ3n) is 13.9. The van der Waals surface area contributed by atoms with Crippen LogP contribution in [0.15, 0.2) is 65.9 Å². The first-order valence-electron chi connectivity index (χ1n) is 23.2. The molecule has 1 amide bonds. The molecule has 1 saturated heterocycles. The molecule has 0 unspecified atom stereocenters. The fraction of sp³-hybridized carbons (Fsp3) is 0.633. The van der Waals surface area contributed by atoms with Crippen molar-refractivity contribution >= 4 is 11.6 Å². The molecule has 2 N–H and O–H groups in total. The van der Waals surface area contributed by atoms with E-state index in [-0.39, 0.29) is 56.2 Å². The average Bonchev–Trinajstić information content (AvgIpc) is 3.71. The van der Waals surface area contributed by atoms with E-state index in [0.29, 0.717) is 56.4 Å². The normalized spacial score (nSPS) is 26.9. The number of oxime groups is 1. The third-order valence-corrected chi connectivity index (χ3v) is 13.9. The maximum Gasteiger partial charge on any atom is 0.239 e. The Morgan fingerprint density at radius 2 is 1.79 bits per heavy atom. The molecule has 3 aliphatic carbocycles. The lowest BCUT2D eigenvalue weighted by molar-refractivity contribution is -0.258. The molecule has 332 valence electrons. The van der Waals surface area contributed by atoms with Gasteiger partial charge in [0.25, 0.3) is 0 Å². The maximum absolute atomic E-state index is 15.2. The Morgan fingerprint density at radius 3 is 2.56 bits per heavy atom. The number of ether oxygens (including phenoxy) is 5. The average molecular weight is 842 g/mol. The molecule has 2 saturated carbocycles. The number of carbonyl (C=O) groups excluding carboxylic acids is 1. The number of fused-ring (bicyclic) bond motifs is 3. The third kappa shape index (κ3) is 9.77. The lowest BCUT2D eigenvalue weighted by Gasteiger charge is -2.60. The first-order chi connectivity index (χ1) is 30.0. The maximum atomic E-state index is 15.2. The minimum absolute atomic E-state index is 0.0533. The SMILES string of the molecule is C=CCO[C@@]12Oc3ccc(OCCN4CC4)cc3[C@H]3[C@H](CCCCO)[C@@H](CCCCO)C=C(C(=NOCC)C[C@@H]1N(Cc1ccc4c(c1)OCO4)C(=O)CCC1CCCC1)[C@H]32. The zero-order valence-corrected chi connectivity index (χ0v) is 36.1. The van der Waals surface area contributed by atoms with Gasteiger partial charge in [-0.2, -0.15) is 0 Å². The predicted octanol–water partition coefficient (Wildman–Crippen LogP) is 7.76. The van der Waals surface area contributed by atoms with Crippen LogP contribution < -0.4 is 18.9 Å². The van der Waals surface area contributed by atoms with Gasteiger partial charge in [0.15, 0.2) is 11.5 Å². The summed E-state index contributed by atoms with van der Waals surface area (Å²) in [5.74, 6) is 1.95. The Kier molecular flexibility index (Phi) is 14.6. The first kappa shape index (κ1) is 43.5. The Labute approximate surface area is 361 Å². The van der Waals surface area contributed by atoms with Crippen molar-refractivity contribution in [3.8, 4) is 23.0 Å². The molecule has 8 rings (SSSR count). The Balaban J connectivity index is 1.28. The Bertz CT molecular complexity index is 1870. The molecule has 2 aromatic carbocycles. The molecule has 61 heavy (non-hydrogen) atoms. The summed E-state index contributed by atoms with van der Waals surface area (Å²) in [5.41, 5.74) is 3.82. The van der Waals surface area contributed by atoms with Gasteiger partial charge in [-0.15, -0.1) is 6.58 Å². The van der Waals surface area contributed by atoms with Crippen molar-refractivity contribution in [1.82, 2.24) is 9.80 Å². The van der Waals surface area contributed by atoms with E-state index in [9.17, 15) is 10.2 Å². The number of aliphatic hydroxyl groups is 2. The summed E-state index contributed by atoms with van der Waals surface area (Å²) in [5, 5.41) is 24.8. The number of nitrogens with zero attached hydrogens (tertiary/aromatic N) is 3. The van der Waals surface area contributed by atoms with Crippen molar-refractivity contribution in [3.05, 3.63) is 71.8 Å². The number of carbonyl (C=O) groups is 1. The topological polar surface area (TPSA) is 132 Å². The number of amides is 1. The van der Waals surface area contributed by atoms with Gasteiger partial charge in [-0.1, -0.05) is 61.9 Å². The minimum Gasteiger partial charge on any atom is -0.492 e. The standard InChI is InChI=1S/C49H67N3O9/c1-3-26-59-49-45(52(46(55)20-16-34-11-5-6-12-34)32-35-15-18-43-44(28-35)58-33-57-43)31-41(50-60-4-2)39-29-36(13-7-9-24-53)38(14-8-10-25-54)47(48(39)49)40-30-37(17-19-42(40)61-49)56-27-23-51-21-22-51/h3,15,17-19,28-30,34,36,38,45,47-48,53-54H,1,4-14,16,20-27,31-33H2,2H3/t36-,38+,45-,47+,48+,49+/m0/s1. The molecule has 2 aromatic rings. The molecule has 12 nitrogen and oxygen atoms in total. The number of hydrogen-bond donors (Lipinski definition) is 2. The number of rotatable bonds is 23. The lowest BCUT2D eigenvalue weighted by Crippen LogP contribution is -2.70. The van der Waals surface area contributed by atoms with E-state index in [2.05, 4.69) is 23.6 Å². The van der Waals surface area contributed by atoms with Gasteiger partial charge in [-0.05, 0) is 98.2 Å². The first-order valence-corrected chi connectivity index (χ1v) is 23.2. The highest BCUT2D eigenvalue weighted by molar-refractivity contribution is 6.03. The largest absolute Gasteiger partial charge is 0.492 e. The fourth-order valence-electron chi connectivity index (χ4n) is 10.8. The van der Waals surface area contributed by atoms with Gasteiger partial charge < -0.3 is 43.6 Å². The van der Waals surface area contributed by atoms with E-state index in [4.69, 9.17) is 33.7 Å². The van der Waals surface area contributed by atoms with Crippen LogP contribution in [-0.4, -0.2) is 103 Å². The number of benzene rings is 2. The molecule has 6 aliphatic rings. The molecule has 0 radical (unpaired) electrons. The zero-order valence-electron chi connectivity index (χ0n) is 36.1. The molecule has 3 aliphatic heterocycles. The minimum atomic E-state index is -1.32. The second-order valence-corrected chi connectivity index (χ2v) is 17.8. The number of allylic oxidation sites excluding steroid dienone is 1. The highest BCUT2D eigenvalue weighted by atomic mass is 16.7. The predicted molar refractivity (Wildman–Crippen MR) is 233 cm³/mol. The summed E-state index contributed by atoms with van der Waals surface area (Å²) in [4.78, 5) is 25.5. The van der Waals surface area contributed by atoms with Crippen molar-refractivity contribution in [3.63, 3.8) is 0 Å². The summed E-state index contributed by atoms with van der Waals surface area (Å²) in [7, 11) is 0. The van der Waals surface area contributed by atoms with Gasteiger partial charge >= 0.3 is 0 Å². The summed E-state index contributed by atoms with van der Waals surface area (Å²) in [6.45, 7) is 11.1. The van der Waals surface area contributed by atoms with Crippen LogP contribution in [0.4, 0.5) is 0 Å². The van der Waals surface area contributed by atoms with Crippen LogP contribution in [0.5, 0.6) is 23.0 Å². The summed E-state index contributed by atoms with van der Waals surface area (Å²) in [6.07, 6.45) is 15.4. The lowest BCUT2D eigenvalue weighted by atomic mass is 9.55. The Hall–Kier alpha value is -4.10. The summed E-state index contributed by atoms with van der Waals surface area (Å²) < 4.78 is 32.6. The van der Waals surface area contributed by atoms with Crippen molar-refractivity contribution in [2.24, 2.45) is 28.8 Å². The van der Waals surface area contributed by atoms with E-state index >= 15 is 4.79 Å². The number of hydrogen-bond acceptors (Lipinski definition) is 11. The molecule has 6 atom stereocenters. The quantitative estimate of drug-likeness (QED) is 0.0496. The molecule has 0 spiro atoms. The molecule has 3 fully saturated rings. The smallest absolute Gasteiger partial charge is 0.239 e. The summed E-state index contributed by atoms with van der Waals surface area (Å²) in [6, 6.07) is 11.5. The highest BCUT2D eigenvalue weighted by Gasteiger charge is 2.65. The van der Waals surface area contributed by atoms with Crippen LogP contribution in [0.1, 0.15) is 107 Å². The van der Waals surface area contributed by atoms with Gasteiger partial charge in [0, 0.05) is 63.7 Å². The Morgan fingerprint density at radius 1 is 1.00 bits per heavy atom. The van der Waals surface area contributed by atoms with Crippen molar-refractivity contribution in [2.45, 2.75) is 115 Å². The second-order valence-electron chi connectivity index (χ2n) is 17.8. The van der Waals surface area contributed by atoms with Crippen LogP contribution in [0, 0.1) is 23.7 Å². The van der Waals surface area contributed by atoms with E-state index in [1.165, 1.54) is 12.8 Å². The molecule has 3 heterocycles. The number of unbranched alkanes of at least 4 members (excludes halogenated alkanes) is 2. The van der Waals surface area contributed by atoms with Crippen LogP contribution in [0.2, 0.25) is 0 Å². The number of aliphatic hydroxyl groups excluding tert-OH is 2. The van der Waals surface area contributed by atoms with Crippen molar-refractivity contribution < 1.29 is 43.5 Å². The molecule has 0 bridgehead atoms. The molecule has 0 aromatic heterocycles. The van der Waals surface area contributed by atoms with E-state index in [1.54, 1.807) is 6.08 Å². The highest BCUT2D eigenvalue weighted by Crippen LogP contribution is 2.62. The van der Waals surface area contributed by atoms with Gasteiger partial charge in [-0.25, -0.2) is 0 Å². The zero-order chi connectivity index (χ0) is 42.2.